The van der Waals surface area contributed by atoms with E-state index in [1.165, 1.54) is 11.1 Å². The van der Waals surface area contributed by atoms with Crippen LogP contribution in [0.2, 0.25) is 10.0 Å². The van der Waals surface area contributed by atoms with Gasteiger partial charge < -0.3 is 0 Å². The minimum absolute atomic E-state index is 0.776. The molecule has 0 bridgehead atoms. The Morgan fingerprint density at radius 3 is 2.21 bits per heavy atom. The summed E-state index contributed by atoms with van der Waals surface area (Å²) >= 11 is 12.1. The normalized spacial score (nSPS) is 10.9. The van der Waals surface area contributed by atoms with Gasteiger partial charge in [0.1, 0.15) is 0 Å². The standard InChI is InChI=1S/C16H17Cl2N/c1-2-19(11-13-7-9-15(17)10-8-13)12-14-5-3-4-6-16(14)18/h3-10H,2,11-12H2,1H3. The van der Waals surface area contributed by atoms with Gasteiger partial charge in [0.25, 0.3) is 0 Å². The maximum atomic E-state index is 6.20. The highest BCUT2D eigenvalue weighted by atomic mass is 35.5. The Balaban J connectivity index is 2.05. The quantitative estimate of drug-likeness (QED) is 0.748. The first-order valence-corrected chi connectivity index (χ1v) is 7.15. The van der Waals surface area contributed by atoms with E-state index in [0.717, 1.165) is 29.7 Å². The van der Waals surface area contributed by atoms with Gasteiger partial charge in [-0.1, -0.05) is 60.5 Å². The van der Waals surface area contributed by atoms with E-state index in [9.17, 15) is 0 Å². The highest BCUT2D eigenvalue weighted by Gasteiger charge is 2.07. The molecule has 0 heterocycles. The molecule has 3 heteroatoms. The summed E-state index contributed by atoms with van der Waals surface area (Å²) < 4.78 is 0. The van der Waals surface area contributed by atoms with E-state index in [1.54, 1.807) is 0 Å². The second kappa shape index (κ2) is 6.95. The minimum Gasteiger partial charge on any atom is -0.295 e. The Kier molecular flexibility index (Phi) is 5.26. The molecule has 0 aliphatic carbocycles. The zero-order chi connectivity index (χ0) is 13.7. The first kappa shape index (κ1) is 14.4. The Labute approximate surface area is 124 Å². The molecule has 2 aromatic carbocycles. The van der Waals surface area contributed by atoms with Crippen LogP contribution in [0, 0.1) is 0 Å². The summed E-state index contributed by atoms with van der Waals surface area (Å²) in [6.45, 7) is 4.90. The molecule has 2 rings (SSSR count). The third kappa shape index (κ3) is 4.24. The first-order chi connectivity index (χ1) is 9.19. The fourth-order valence-electron chi connectivity index (χ4n) is 2.00. The summed E-state index contributed by atoms with van der Waals surface area (Å²) in [6, 6.07) is 16.0. The molecule has 1 nitrogen and oxygen atoms in total. The highest BCUT2D eigenvalue weighted by molar-refractivity contribution is 6.31. The van der Waals surface area contributed by atoms with Gasteiger partial charge >= 0.3 is 0 Å². The second-order valence-corrected chi connectivity index (χ2v) is 5.36. The van der Waals surface area contributed by atoms with Gasteiger partial charge in [0, 0.05) is 23.1 Å². The molecule has 0 fully saturated rings. The fraction of sp³-hybridized carbons (Fsp3) is 0.250. The third-order valence-corrected chi connectivity index (χ3v) is 3.74. The molecule has 0 atom stereocenters. The van der Waals surface area contributed by atoms with Gasteiger partial charge in [0.2, 0.25) is 0 Å². The van der Waals surface area contributed by atoms with Crippen molar-refractivity contribution in [2.24, 2.45) is 0 Å². The fourth-order valence-corrected chi connectivity index (χ4v) is 2.32. The third-order valence-electron chi connectivity index (χ3n) is 3.12. The number of halogens is 2. The topological polar surface area (TPSA) is 3.24 Å². The lowest BCUT2D eigenvalue weighted by molar-refractivity contribution is 0.271. The molecule has 0 saturated heterocycles. The van der Waals surface area contributed by atoms with E-state index in [4.69, 9.17) is 23.2 Å². The largest absolute Gasteiger partial charge is 0.295 e. The lowest BCUT2D eigenvalue weighted by Gasteiger charge is -2.21. The molecule has 2 aromatic rings. The average Bonchev–Trinajstić information content (AvgIpc) is 2.43. The van der Waals surface area contributed by atoms with Gasteiger partial charge in [-0.15, -0.1) is 0 Å². The van der Waals surface area contributed by atoms with Gasteiger partial charge in [0.05, 0.1) is 0 Å². The van der Waals surface area contributed by atoms with Crippen molar-refractivity contribution in [1.29, 1.82) is 0 Å². The van der Waals surface area contributed by atoms with Crippen LogP contribution in [0.4, 0.5) is 0 Å². The average molecular weight is 294 g/mol. The highest BCUT2D eigenvalue weighted by Crippen LogP contribution is 2.18. The van der Waals surface area contributed by atoms with E-state index in [0.29, 0.717) is 0 Å². The molecule has 0 aliphatic heterocycles. The molecule has 100 valence electrons. The molecule has 0 radical (unpaired) electrons. The van der Waals surface area contributed by atoms with Gasteiger partial charge in [0.15, 0.2) is 0 Å². The lowest BCUT2D eigenvalue weighted by Crippen LogP contribution is -2.22. The van der Waals surface area contributed by atoms with E-state index < -0.39 is 0 Å². The number of benzene rings is 2. The number of nitrogens with zero attached hydrogens (tertiary/aromatic N) is 1. The van der Waals surface area contributed by atoms with Crippen molar-refractivity contribution in [3.63, 3.8) is 0 Å². The summed E-state index contributed by atoms with van der Waals surface area (Å²) in [7, 11) is 0. The summed E-state index contributed by atoms with van der Waals surface area (Å²) in [6.07, 6.45) is 0. The van der Waals surface area contributed by atoms with Crippen LogP contribution in [0.5, 0.6) is 0 Å². The summed E-state index contributed by atoms with van der Waals surface area (Å²) in [5.74, 6) is 0. The van der Waals surface area contributed by atoms with E-state index in [1.807, 2.05) is 30.3 Å². The van der Waals surface area contributed by atoms with Crippen molar-refractivity contribution in [3.8, 4) is 0 Å². The van der Waals surface area contributed by atoms with Crippen LogP contribution >= 0.6 is 23.2 Å². The molecule has 0 N–H and O–H groups in total. The van der Waals surface area contributed by atoms with Crippen LogP contribution < -0.4 is 0 Å². The molecule has 0 saturated carbocycles. The van der Waals surface area contributed by atoms with Gasteiger partial charge in [-0.2, -0.15) is 0 Å². The van der Waals surface area contributed by atoms with Crippen LogP contribution in [0.25, 0.3) is 0 Å². The Morgan fingerprint density at radius 1 is 0.895 bits per heavy atom. The van der Waals surface area contributed by atoms with E-state index in [-0.39, 0.29) is 0 Å². The predicted molar refractivity (Wildman–Crippen MR) is 82.7 cm³/mol. The van der Waals surface area contributed by atoms with Crippen molar-refractivity contribution in [2.75, 3.05) is 6.54 Å². The van der Waals surface area contributed by atoms with Crippen molar-refractivity contribution >= 4 is 23.2 Å². The number of hydrogen-bond donors (Lipinski definition) is 0. The zero-order valence-electron chi connectivity index (χ0n) is 10.9. The van der Waals surface area contributed by atoms with Gasteiger partial charge in [-0.25, -0.2) is 0 Å². The number of rotatable bonds is 5. The molecule has 0 unspecified atom stereocenters. The Bertz CT molecular complexity index is 523. The van der Waals surface area contributed by atoms with Gasteiger partial charge in [-0.05, 0) is 35.9 Å². The zero-order valence-corrected chi connectivity index (χ0v) is 12.5. The van der Waals surface area contributed by atoms with Crippen LogP contribution in [-0.4, -0.2) is 11.4 Å². The maximum absolute atomic E-state index is 6.20. The molecular weight excluding hydrogens is 277 g/mol. The molecule has 0 amide bonds. The molecule has 0 aromatic heterocycles. The van der Waals surface area contributed by atoms with Crippen molar-refractivity contribution < 1.29 is 0 Å². The summed E-state index contributed by atoms with van der Waals surface area (Å²) in [5, 5.41) is 1.61. The van der Waals surface area contributed by atoms with Crippen molar-refractivity contribution in [1.82, 2.24) is 4.90 Å². The van der Waals surface area contributed by atoms with E-state index >= 15 is 0 Å². The molecule has 0 spiro atoms. The van der Waals surface area contributed by atoms with Crippen LogP contribution in [0.15, 0.2) is 48.5 Å². The van der Waals surface area contributed by atoms with E-state index in [2.05, 4.69) is 30.0 Å². The molecule has 19 heavy (non-hydrogen) atoms. The Morgan fingerprint density at radius 2 is 1.58 bits per heavy atom. The summed E-state index contributed by atoms with van der Waals surface area (Å²) in [5.41, 5.74) is 2.43. The number of hydrogen-bond acceptors (Lipinski definition) is 1. The SMILES string of the molecule is CCN(Cc1ccc(Cl)cc1)Cc1ccccc1Cl. The maximum Gasteiger partial charge on any atom is 0.0451 e. The smallest absolute Gasteiger partial charge is 0.0451 e. The first-order valence-electron chi connectivity index (χ1n) is 6.39. The Hall–Kier alpha value is -1.02. The lowest BCUT2D eigenvalue weighted by atomic mass is 10.1. The summed E-state index contributed by atoms with van der Waals surface area (Å²) in [4.78, 5) is 2.35. The molecule has 0 aliphatic rings. The van der Waals surface area contributed by atoms with Crippen molar-refractivity contribution in [3.05, 3.63) is 69.7 Å². The molecular formula is C16H17Cl2N. The van der Waals surface area contributed by atoms with Crippen LogP contribution in [-0.2, 0) is 13.1 Å². The van der Waals surface area contributed by atoms with Crippen LogP contribution in [0.1, 0.15) is 18.1 Å². The monoisotopic (exact) mass is 293 g/mol. The predicted octanol–water partition coefficient (Wildman–Crippen LogP) is 5.02. The minimum atomic E-state index is 0.776. The van der Waals surface area contributed by atoms with Crippen LogP contribution in [0.3, 0.4) is 0 Å². The van der Waals surface area contributed by atoms with Crippen molar-refractivity contribution in [2.45, 2.75) is 20.0 Å². The second-order valence-electron chi connectivity index (χ2n) is 4.52. The van der Waals surface area contributed by atoms with Gasteiger partial charge in [-0.3, -0.25) is 4.90 Å².